The molecule has 4 rings (SSSR count). The number of rotatable bonds is 3. The number of hydrogen-bond acceptors (Lipinski definition) is 3. The second-order valence-electron chi connectivity index (χ2n) is 7.19. The fourth-order valence-corrected chi connectivity index (χ4v) is 3.84. The van der Waals surface area contributed by atoms with Gasteiger partial charge < -0.3 is 10.1 Å². The van der Waals surface area contributed by atoms with E-state index in [0.717, 1.165) is 0 Å². The Morgan fingerprint density at radius 3 is 2.43 bits per heavy atom. The van der Waals surface area contributed by atoms with E-state index in [1.54, 1.807) is 24.3 Å². The lowest BCUT2D eigenvalue weighted by Gasteiger charge is -2.38. The Labute approximate surface area is 158 Å². The van der Waals surface area contributed by atoms with E-state index < -0.39 is 17.5 Å². The second-order valence-corrected chi connectivity index (χ2v) is 7.19. The normalized spacial score (nSPS) is 17.9. The van der Waals surface area contributed by atoms with Gasteiger partial charge in [0.15, 0.2) is 0 Å². The fourth-order valence-electron chi connectivity index (χ4n) is 3.84. The molecule has 1 saturated heterocycles. The van der Waals surface area contributed by atoms with Crippen LogP contribution in [0, 0.1) is 5.82 Å². The molecule has 0 saturated carbocycles. The predicted octanol–water partition coefficient (Wildman–Crippen LogP) is 4.20. The number of likely N-dealkylation sites (tertiary alicyclic amines) is 1. The van der Waals surface area contributed by atoms with E-state index in [9.17, 15) is 22.7 Å². The van der Waals surface area contributed by atoms with Crippen LogP contribution in [-0.2, 0) is 18.3 Å². The Balaban J connectivity index is 1.55. The lowest BCUT2D eigenvalue weighted by molar-refractivity contribution is -0.141. The monoisotopic (exact) mass is 393 g/mol. The van der Waals surface area contributed by atoms with E-state index >= 15 is 0 Å². The Morgan fingerprint density at radius 1 is 1.11 bits per heavy atom. The van der Waals surface area contributed by atoms with Crippen LogP contribution in [0.3, 0.4) is 0 Å². The number of aromatic amines is 1. The number of piperidine rings is 1. The van der Waals surface area contributed by atoms with Crippen LogP contribution < -0.4 is 0 Å². The highest BCUT2D eigenvalue weighted by atomic mass is 19.4. The van der Waals surface area contributed by atoms with E-state index in [0.29, 0.717) is 36.9 Å². The third-order valence-electron chi connectivity index (χ3n) is 5.41. The number of benzene rings is 1. The number of hydrogen-bond donors (Lipinski definition) is 2. The van der Waals surface area contributed by atoms with Gasteiger partial charge in [-0.1, -0.05) is 12.1 Å². The molecule has 28 heavy (non-hydrogen) atoms. The van der Waals surface area contributed by atoms with Gasteiger partial charge in [0.1, 0.15) is 17.2 Å². The van der Waals surface area contributed by atoms with Gasteiger partial charge in [0.05, 0.1) is 5.60 Å². The maximum absolute atomic E-state index is 13.5. The summed E-state index contributed by atoms with van der Waals surface area (Å²) in [5, 5.41) is 11.3. The van der Waals surface area contributed by atoms with Gasteiger partial charge in [-0.05, 0) is 42.7 Å². The summed E-state index contributed by atoms with van der Waals surface area (Å²) >= 11 is 0. The summed E-state index contributed by atoms with van der Waals surface area (Å²) in [5.41, 5.74) is -0.868. The molecule has 1 aliphatic heterocycles. The summed E-state index contributed by atoms with van der Waals surface area (Å²) in [6, 6.07) is 8.95. The van der Waals surface area contributed by atoms with Crippen molar-refractivity contribution in [3.63, 3.8) is 0 Å². The molecule has 2 N–H and O–H groups in total. The average Bonchev–Trinajstić information content (AvgIpc) is 3.03. The number of nitrogens with one attached hydrogen (secondary N) is 1. The van der Waals surface area contributed by atoms with Crippen molar-refractivity contribution in [1.29, 1.82) is 0 Å². The van der Waals surface area contributed by atoms with Gasteiger partial charge in [-0.2, -0.15) is 13.2 Å². The first-order valence-corrected chi connectivity index (χ1v) is 9.00. The van der Waals surface area contributed by atoms with Crippen LogP contribution in [0.25, 0.3) is 11.0 Å². The second kappa shape index (κ2) is 6.86. The summed E-state index contributed by atoms with van der Waals surface area (Å²) in [7, 11) is 0. The standard InChI is InChI=1S/C20H19F4N3O/c21-14-5-3-13(4-6-14)19(28)7-10-27(11-8-19)12-16-15-2-1-9-25-18(15)26-17(16)20(22,23)24/h1-6,9,28H,7-8,10-12H2,(H,25,26). The Morgan fingerprint density at radius 2 is 1.79 bits per heavy atom. The first kappa shape index (κ1) is 18.9. The van der Waals surface area contributed by atoms with Crippen LogP contribution in [0.4, 0.5) is 17.6 Å². The van der Waals surface area contributed by atoms with Gasteiger partial charge in [-0.25, -0.2) is 9.37 Å². The van der Waals surface area contributed by atoms with E-state index in [-0.39, 0.29) is 23.6 Å². The first-order valence-electron chi connectivity index (χ1n) is 9.00. The van der Waals surface area contributed by atoms with E-state index in [1.165, 1.54) is 18.3 Å². The van der Waals surface area contributed by atoms with Crippen molar-refractivity contribution < 1.29 is 22.7 Å². The summed E-state index contributed by atoms with van der Waals surface area (Å²) in [6.45, 7) is 0.969. The van der Waals surface area contributed by atoms with Crippen LogP contribution in [0.15, 0.2) is 42.6 Å². The summed E-state index contributed by atoms with van der Waals surface area (Å²) in [6.07, 6.45) is -2.33. The van der Waals surface area contributed by atoms with Crippen molar-refractivity contribution >= 4 is 11.0 Å². The van der Waals surface area contributed by atoms with Crippen LogP contribution in [0.5, 0.6) is 0 Å². The number of nitrogens with zero attached hydrogens (tertiary/aromatic N) is 2. The molecule has 0 atom stereocenters. The number of halogens is 4. The third kappa shape index (κ3) is 3.49. The number of H-pyrrole nitrogens is 1. The third-order valence-corrected chi connectivity index (χ3v) is 5.41. The molecule has 1 fully saturated rings. The molecule has 0 aliphatic carbocycles. The molecule has 0 bridgehead atoms. The molecule has 0 radical (unpaired) electrons. The topological polar surface area (TPSA) is 52.1 Å². The molecule has 148 valence electrons. The smallest absolute Gasteiger partial charge is 0.385 e. The zero-order chi connectivity index (χ0) is 19.9. The quantitative estimate of drug-likeness (QED) is 0.656. The molecule has 3 aromatic rings. The lowest BCUT2D eigenvalue weighted by Crippen LogP contribution is -2.42. The minimum absolute atomic E-state index is 0.111. The maximum atomic E-state index is 13.5. The molecule has 1 aromatic carbocycles. The van der Waals surface area contributed by atoms with Crippen molar-refractivity contribution in [2.45, 2.75) is 31.2 Å². The average molecular weight is 393 g/mol. The van der Waals surface area contributed by atoms with Crippen LogP contribution in [0.1, 0.15) is 29.7 Å². The zero-order valence-electron chi connectivity index (χ0n) is 14.9. The lowest BCUT2D eigenvalue weighted by atomic mass is 9.84. The Kier molecular flexibility index (Phi) is 4.63. The van der Waals surface area contributed by atoms with Crippen molar-refractivity contribution in [1.82, 2.24) is 14.9 Å². The van der Waals surface area contributed by atoms with Gasteiger partial charge in [0.25, 0.3) is 0 Å². The molecule has 1 aliphatic rings. The van der Waals surface area contributed by atoms with Crippen molar-refractivity contribution in [3.05, 3.63) is 65.2 Å². The Bertz CT molecular complexity index is 973. The number of pyridine rings is 1. The van der Waals surface area contributed by atoms with Gasteiger partial charge in [0, 0.05) is 36.8 Å². The molecule has 0 amide bonds. The SMILES string of the molecule is OC1(c2ccc(F)cc2)CCN(Cc2c(C(F)(F)F)[nH]c3ncccc23)CC1. The fraction of sp³-hybridized carbons (Fsp3) is 0.350. The Hall–Kier alpha value is -2.45. The highest BCUT2D eigenvalue weighted by molar-refractivity contribution is 5.81. The molecule has 3 heterocycles. The predicted molar refractivity (Wildman–Crippen MR) is 95.9 cm³/mol. The van der Waals surface area contributed by atoms with Crippen molar-refractivity contribution in [2.75, 3.05) is 13.1 Å². The van der Waals surface area contributed by atoms with Gasteiger partial charge in [-0.3, -0.25) is 4.90 Å². The molecule has 0 unspecified atom stereocenters. The first-order chi connectivity index (χ1) is 13.3. The minimum atomic E-state index is -4.50. The molecule has 2 aromatic heterocycles. The highest BCUT2D eigenvalue weighted by Gasteiger charge is 2.38. The molecular weight excluding hydrogens is 374 g/mol. The van der Waals surface area contributed by atoms with Gasteiger partial charge in [0.2, 0.25) is 0 Å². The highest BCUT2D eigenvalue weighted by Crippen LogP contribution is 2.37. The zero-order valence-corrected chi connectivity index (χ0v) is 14.9. The van der Waals surface area contributed by atoms with Crippen molar-refractivity contribution in [3.8, 4) is 0 Å². The summed E-state index contributed by atoms with van der Waals surface area (Å²) in [5.74, 6) is -0.377. The summed E-state index contributed by atoms with van der Waals surface area (Å²) < 4.78 is 53.5. The largest absolute Gasteiger partial charge is 0.431 e. The van der Waals surface area contributed by atoms with E-state index in [2.05, 4.69) is 9.97 Å². The number of aliphatic hydroxyl groups is 1. The molecule has 4 nitrogen and oxygen atoms in total. The van der Waals surface area contributed by atoms with Gasteiger partial charge in [-0.15, -0.1) is 0 Å². The van der Waals surface area contributed by atoms with Crippen LogP contribution in [0.2, 0.25) is 0 Å². The number of fused-ring (bicyclic) bond motifs is 1. The van der Waals surface area contributed by atoms with E-state index in [4.69, 9.17) is 0 Å². The van der Waals surface area contributed by atoms with Crippen LogP contribution >= 0.6 is 0 Å². The number of alkyl halides is 3. The van der Waals surface area contributed by atoms with E-state index in [1.807, 2.05) is 4.90 Å². The minimum Gasteiger partial charge on any atom is -0.385 e. The van der Waals surface area contributed by atoms with Gasteiger partial charge >= 0.3 is 6.18 Å². The maximum Gasteiger partial charge on any atom is 0.431 e. The van der Waals surface area contributed by atoms with Crippen molar-refractivity contribution in [2.24, 2.45) is 0 Å². The van der Waals surface area contributed by atoms with Crippen LogP contribution in [-0.4, -0.2) is 33.1 Å². The molecule has 8 heteroatoms. The molecule has 0 spiro atoms. The molecular formula is C20H19F4N3O. The number of aromatic nitrogens is 2. The summed E-state index contributed by atoms with van der Waals surface area (Å²) in [4.78, 5) is 8.28.